The van der Waals surface area contributed by atoms with Gasteiger partial charge in [-0.15, -0.1) is 10.2 Å². The van der Waals surface area contributed by atoms with Crippen molar-refractivity contribution in [3.63, 3.8) is 0 Å². The summed E-state index contributed by atoms with van der Waals surface area (Å²) in [6, 6.07) is 9.65. The van der Waals surface area contributed by atoms with E-state index in [1.54, 1.807) is 14.1 Å². The Morgan fingerprint density at radius 3 is 2.65 bits per heavy atom. The lowest BCUT2D eigenvalue weighted by Crippen LogP contribution is -2.12. The molecule has 0 unspecified atom stereocenters. The monoisotopic (exact) mass is 273 g/mol. The Labute approximate surface area is 115 Å². The highest BCUT2D eigenvalue weighted by Gasteiger charge is 2.17. The summed E-state index contributed by atoms with van der Waals surface area (Å²) in [5.41, 5.74) is 6.27. The highest BCUT2D eigenvalue weighted by Crippen LogP contribution is 2.18. The summed E-state index contributed by atoms with van der Waals surface area (Å²) in [7, 11) is 3.44. The summed E-state index contributed by atoms with van der Waals surface area (Å²) in [4.78, 5) is 11.3. The van der Waals surface area contributed by atoms with Crippen LogP contribution in [-0.4, -0.2) is 40.0 Å². The van der Waals surface area contributed by atoms with Crippen molar-refractivity contribution in [1.82, 2.24) is 20.0 Å². The zero-order valence-electron chi connectivity index (χ0n) is 11.3. The quantitative estimate of drug-likeness (QED) is 0.648. The molecule has 8 heteroatoms. The molecule has 0 atom stereocenters. The van der Waals surface area contributed by atoms with Crippen molar-refractivity contribution >= 4 is 11.7 Å². The predicted octanol–water partition coefficient (Wildman–Crippen LogP) is 0.986. The maximum Gasteiger partial charge on any atom is 0.273 e. The van der Waals surface area contributed by atoms with E-state index >= 15 is 0 Å². The van der Waals surface area contributed by atoms with Crippen LogP contribution in [-0.2, 0) is 6.54 Å². The lowest BCUT2D eigenvalue weighted by Gasteiger charge is -2.04. The van der Waals surface area contributed by atoms with Crippen molar-refractivity contribution in [2.75, 3.05) is 14.1 Å². The maximum atomic E-state index is 11.3. The number of benzene rings is 1. The number of carbonyl (C=O) groups is 1. The van der Waals surface area contributed by atoms with Gasteiger partial charge in [0.25, 0.3) is 5.91 Å². The van der Waals surface area contributed by atoms with Crippen molar-refractivity contribution in [3.05, 3.63) is 41.6 Å². The Morgan fingerprint density at radius 2 is 2.05 bits per heavy atom. The molecule has 1 heterocycles. The number of aromatic nitrogens is 3. The molecule has 1 aromatic carbocycles. The lowest BCUT2D eigenvalue weighted by atomic mass is 10.2. The standard InChI is InChI=1S/C12H15N7O/c1-18(2)16-15-12-10(11(13)20)14-17-19(12)8-9-6-4-3-5-7-9/h3-7H,8H2,1-2H3,(H2,13,20). The number of hydrogen-bond acceptors (Lipinski definition) is 5. The average Bonchev–Trinajstić information content (AvgIpc) is 2.80. The molecule has 0 bridgehead atoms. The second kappa shape index (κ2) is 5.91. The molecule has 104 valence electrons. The van der Waals surface area contributed by atoms with Crippen LogP contribution in [0.2, 0.25) is 0 Å². The van der Waals surface area contributed by atoms with Gasteiger partial charge in [-0.3, -0.25) is 9.80 Å². The Hall–Kier alpha value is -2.77. The van der Waals surface area contributed by atoms with Gasteiger partial charge in [0.05, 0.1) is 6.54 Å². The van der Waals surface area contributed by atoms with Crippen molar-refractivity contribution < 1.29 is 4.79 Å². The summed E-state index contributed by atoms with van der Waals surface area (Å²) in [6.45, 7) is 0.433. The largest absolute Gasteiger partial charge is 0.364 e. The fourth-order valence-corrected chi connectivity index (χ4v) is 1.56. The normalized spacial score (nSPS) is 10.9. The van der Waals surface area contributed by atoms with Crippen LogP contribution >= 0.6 is 0 Å². The van der Waals surface area contributed by atoms with E-state index in [0.717, 1.165) is 5.56 Å². The van der Waals surface area contributed by atoms with Gasteiger partial charge in [-0.1, -0.05) is 40.8 Å². The SMILES string of the molecule is CN(C)N=Nc1c(C(N)=O)nnn1Cc1ccccc1. The van der Waals surface area contributed by atoms with E-state index in [1.807, 2.05) is 30.3 Å². The molecule has 1 aromatic heterocycles. The van der Waals surface area contributed by atoms with Gasteiger partial charge >= 0.3 is 0 Å². The van der Waals surface area contributed by atoms with Gasteiger partial charge in [0.1, 0.15) is 0 Å². The Morgan fingerprint density at radius 1 is 1.35 bits per heavy atom. The molecular weight excluding hydrogens is 258 g/mol. The van der Waals surface area contributed by atoms with Crippen LogP contribution in [0.1, 0.15) is 16.1 Å². The van der Waals surface area contributed by atoms with Gasteiger partial charge in [0.15, 0.2) is 5.69 Å². The van der Waals surface area contributed by atoms with Crippen LogP contribution < -0.4 is 5.73 Å². The Bertz CT molecular complexity index is 618. The average molecular weight is 273 g/mol. The summed E-state index contributed by atoms with van der Waals surface area (Å²) >= 11 is 0. The molecule has 1 amide bonds. The molecule has 0 saturated carbocycles. The van der Waals surface area contributed by atoms with Crippen LogP contribution in [0.15, 0.2) is 40.7 Å². The number of hydrogen-bond donors (Lipinski definition) is 1. The zero-order chi connectivity index (χ0) is 14.5. The Balaban J connectivity index is 2.35. The first-order valence-corrected chi connectivity index (χ1v) is 5.94. The number of primary amides is 1. The first kappa shape index (κ1) is 13.7. The van der Waals surface area contributed by atoms with Crippen molar-refractivity contribution in [3.8, 4) is 0 Å². The van der Waals surface area contributed by atoms with Crippen LogP contribution in [0.5, 0.6) is 0 Å². The smallest absolute Gasteiger partial charge is 0.273 e. The number of rotatable bonds is 5. The van der Waals surface area contributed by atoms with E-state index < -0.39 is 5.91 Å². The van der Waals surface area contributed by atoms with Crippen LogP contribution in [0.4, 0.5) is 5.82 Å². The molecule has 0 aliphatic heterocycles. The second-order valence-corrected chi connectivity index (χ2v) is 4.31. The van der Waals surface area contributed by atoms with Gasteiger partial charge in [0.2, 0.25) is 5.82 Å². The minimum atomic E-state index is -0.683. The Kier molecular flexibility index (Phi) is 4.04. The van der Waals surface area contributed by atoms with Crippen molar-refractivity contribution in [2.24, 2.45) is 16.1 Å². The topological polar surface area (TPSA) is 102 Å². The van der Waals surface area contributed by atoms with Crippen LogP contribution in [0, 0.1) is 0 Å². The van der Waals surface area contributed by atoms with Crippen LogP contribution in [0.25, 0.3) is 0 Å². The molecule has 2 N–H and O–H groups in total. The molecule has 8 nitrogen and oxygen atoms in total. The third-order valence-electron chi connectivity index (χ3n) is 2.44. The number of carbonyl (C=O) groups excluding carboxylic acids is 1. The molecule has 0 aliphatic rings. The van der Waals surface area contributed by atoms with E-state index in [0.29, 0.717) is 6.54 Å². The maximum absolute atomic E-state index is 11.3. The van der Waals surface area contributed by atoms with Gasteiger partial charge in [0, 0.05) is 14.1 Å². The summed E-state index contributed by atoms with van der Waals surface area (Å²) in [5, 5.41) is 17.0. The number of nitrogens with two attached hydrogens (primary N) is 1. The lowest BCUT2D eigenvalue weighted by molar-refractivity contribution is 0.0996. The molecule has 2 aromatic rings. The molecule has 0 spiro atoms. The highest BCUT2D eigenvalue weighted by atomic mass is 16.1. The first-order chi connectivity index (χ1) is 9.58. The molecule has 0 aliphatic carbocycles. The molecule has 2 rings (SSSR count). The van der Waals surface area contributed by atoms with E-state index in [-0.39, 0.29) is 11.5 Å². The van der Waals surface area contributed by atoms with Crippen molar-refractivity contribution in [2.45, 2.75) is 6.54 Å². The fraction of sp³-hybridized carbons (Fsp3) is 0.250. The molecule has 20 heavy (non-hydrogen) atoms. The van der Waals surface area contributed by atoms with Gasteiger partial charge in [-0.25, -0.2) is 4.68 Å². The first-order valence-electron chi connectivity index (χ1n) is 5.94. The van der Waals surface area contributed by atoms with E-state index in [1.165, 1.54) is 9.69 Å². The molecule has 0 fully saturated rings. The van der Waals surface area contributed by atoms with E-state index in [4.69, 9.17) is 5.73 Å². The summed E-state index contributed by atoms with van der Waals surface area (Å²) in [6.07, 6.45) is 0. The summed E-state index contributed by atoms with van der Waals surface area (Å²) in [5.74, 6) is -0.438. The molecule has 0 saturated heterocycles. The minimum absolute atomic E-state index is 0.00605. The number of nitrogens with zero attached hydrogens (tertiary/aromatic N) is 6. The highest BCUT2D eigenvalue weighted by molar-refractivity contribution is 5.94. The van der Waals surface area contributed by atoms with Gasteiger partial charge < -0.3 is 5.73 Å². The van der Waals surface area contributed by atoms with Crippen molar-refractivity contribution in [1.29, 1.82) is 0 Å². The predicted molar refractivity (Wildman–Crippen MR) is 72.3 cm³/mol. The van der Waals surface area contributed by atoms with E-state index in [2.05, 4.69) is 20.6 Å². The zero-order valence-corrected chi connectivity index (χ0v) is 11.3. The molecular formula is C12H15N7O. The fourth-order valence-electron chi connectivity index (χ4n) is 1.56. The van der Waals surface area contributed by atoms with E-state index in [9.17, 15) is 4.79 Å². The number of amides is 1. The third kappa shape index (κ3) is 3.16. The third-order valence-corrected chi connectivity index (χ3v) is 2.44. The minimum Gasteiger partial charge on any atom is -0.364 e. The second-order valence-electron chi connectivity index (χ2n) is 4.31. The van der Waals surface area contributed by atoms with Crippen LogP contribution in [0.3, 0.4) is 0 Å². The van der Waals surface area contributed by atoms with Gasteiger partial charge in [-0.2, -0.15) is 0 Å². The molecule has 0 radical (unpaired) electrons. The summed E-state index contributed by atoms with van der Waals surface area (Å²) < 4.78 is 1.49. The van der Waals surface area contributed by atoms with Gasteiger partial charge in [-0.05, 0) is 5.56 Å².